The number of nitrogens with one attached hydrogen (secondary N) is 2. The van der Waals surface area contributed by atoms with E-state index < -0.39 is 6.09 Å². The molecule has 0 bridgehead atoms. The number of methoxy groups -OCH3 is 2. The first-order valence-electron chi connectivity index (χ1n) is 6.60. The zero-order chi connectivity index (χ0) is 14.8. The third-order valence-electron chi connectivity index (χ3n) is 2.79. The van der Waals surface area contributed by atoms with Crippen LogP contribution in [0.2, 0.25) is 0 Å². The molecular formula is C14H23N3O3. The zero-order valence-electron chi connectivity index (χ0n) is 12.0. The molecule has 6 heteroatoms. The van der Waals surface area contributed by atoms with Gasteiger partial charge in [0.05, 0.1) is 13.7 Å². The first-order valence-corrected chi connectivity index (χ1v) is 6.60. The highest BCUT2D eigenvalue weighted by Gasteiger charge is 2.08. The van der Waals surface area contributed by atoms with E-state index in [2.05, 4.69) is 15.4 Å². The van der Waals surface area contributed by atoms with Gasteiger partial charge >= 0.3 is 6.09 Å². The summed E-state index contributed by atoms with van der Waals surface area (Å²) >= 11 is 0. The van der Waals surface area contributed by atoms with Crippen LogP contribution in [0.4, 0.5) is 16.2 Å². The minimum absolute atomic E-state index is 0.192. The second-order valence-corrected chi connectivity index (χ2v) is 4.42. The molecule has 1 aromatic carbocycles. The predicted octanol–water partition coefficient (Wildman–Crippen LogP) is 2.03. The highest BCUT2D eigenvalue weighted by molar-refractivity contribution is 5.85. The van der Waals surface area contributed by atoms with Crippen LogP contribution >= 0.6 is 0 Å². The number of anilines is 2. The molecule has 4 N–H and O–H groups in total. The Hall–Kier alpha value is -1.79. The third kappa shape index (κ3) is 5.90. The van der Waals surface area contributed by atoms with Crippen molar-refractivity contribution < 1.29 is 14.3 Å². The summed E-state index contributed by atoms with van der Waals surface area (Å²) in [6.45, 7) is 1.26. The second kappa shape index (κ2) is 9.17. The molecule has 0 aliphatic heterocycles. The van der Waals surface area contributed by atoms with Gasteiger partial charge in [-0.3, -0.25) is 5.32 Å². The highest BCUT2D eigenvalue weighted by atomic mass is 16.5. The van der Waals surface area contributed by atoms with Crippen LogP contribution in [-0.4, -0.2) is 39.5 Å². The maximum absolute atomic E-state index is 11.2. The molecule has 0 aromatic heterocycles. The van der Waals surface area contributed by atoms with Gasteiger partial charge in [0, 0.05) is 24.5 Å². The fraction of sp³-hybridized carbons (Fsp3) is 0.500. The van der Waals surface area contributed by atoms with Crippen molar-refractivity contribution >= 4 is 17.5 Å². The standard InChI is InChI=1S/C14H23N3O3/c1-19-10-13(7-4-8-15)16-11-5-3-6-12(9-11)17-14(18)20-2/h3,5-6,9,13,16H,4,7-8,10,15H2,1-2H3,(H,17,18). The summed E-state index contributed by atoms with van der Waals surface area (Å²) < 4.78 is 9.75. The topological polar surface area (TPSA) is 85.6 Å². The fourth-order valence-electron chi connectivity index (χ4n) is 1.85. The van der Waals surface area contributed by atoms with E-state index in [9.17, 15) is 4.79 Å². The number of carbonyl (C=O) groups excluding carboxylic acids is 1. The molecule has 0 aliphatic carbocycles. The number of hydrogen-bond donors (Lipinski definition) is 3. The van der Waals surface area contributed by atoms with Crippen molar-refractivity contribution in [1.82, 2.24) is 0 Å². The first-order chi connectivity index (χ1) is 9.69. The molecule has 1 aromatic rings. The lowest BCUT2D eigenvalue weighted by molar-refractivity contribution is 0.182. The zero-order valence-corrected chi connectivity index (χ0v) is 12.0. The molecule has 6 nitrogen and oxygen atoms in total. The highest BCUT2D eigenvalue weighted by Crippen LogP contribution is 2.17. The molecule has 1 amide bonds. The van der Waals surface area contributed by atoms with E-state index in [1.165, 1.54) is 7.11 Å². The Morgan fingerprint density at radius 1 is 1.35 bits per heavy atom. The maximum Gasteiger partial charge on any atom is 0.411 e. The van der Waals surface area contributed by atoms with Crippen LogP contribution in [-0.2, 0) is 9.47 Å². The van der Waals surface area contributed by atoms with Crippen molar-refractivity contribution in [3.63, 3.8) is 0 Å². The van der Waals surface area contributed by atoms with Gasteiger partial charge in [0.2, 0.25) is 0 Å². The molecule has 0 aliphatic rings. The summed E-state index contributed by atoms with van der Waals surface area (Å²) in [6, 6.07) is 7.64. The molecule has 1 rings (SSSR count). The number of nitrogens with two attached hydrogens (primary N) is 1. The van der Waals surface area contributed by atoms with Crippen LogP contribution in [0.15, 0.2) is 24.3 Å². The predicted molar refractivity (Wildman–Crippen MR) is 80.0 cm³/mol. The molecule has 0 fully saturated rings. The first kappa shape index (κ1) is 16.3. The quantitative estimate of drug-likeness (QED) is 0.679. The van der Waals surface area contributed by atoms with Gasteiger partial charge in [0.1, 0.15) is 0 Å². The number of amides is 1. The van der Waals surface area contributed by atoms with Gasteiger partial charge in [-0.1, -0.05) is 6.07 Å². The average molecular weight is 281 g/mol. The van der Waals surface area contributed by atoms with E-state index >= 15 is 0 Å². The third-order valence-corrected chi connectivity index (χ3v) is 2.79. The molecule has 1 unspecified atom stereocenters. The Bertz CT molecular complexity index is 412. The number of ether oxygens (including phenoxy) is 2. The summed E-state index contributed by atoms with van der Waals surface area (Å²) in [5.74, 6) is 0. The molecule has 1 atom stereocenters. The van der Waals surface area contributed by atoms with Crippen LogP contribution in [0.25, 0.3) is 0 Å². The van der Waals surface area contributed by atoms with E-state index in [1.807, 2.05) is 18.2 Å². The van der Waals surface area contributed by atoms with Crippen LogP contribution in [0.3, 0.4) is 0 Å². The van der Waals surface area contributed by atoms with Crippen molar-refractivity contribution in [2.24, 2.45) is 5.73 Å². The van der Waals surface area contributed by atoms with Crippen LogP contribution in [0.5, 0.6) is 0 Å². The largest absolute Gasteiger partial charge is 0.453 e. The Morgan fingerprint density at radius 3 is 2.75 bits per heavy atom. The molecule has 20 heavy (non-hydrogen) atoms. The Labute approximate surface area is 119 Å². The van der Waals surface area contributed by atoms with E-state index in [4.69, 9.17) is 10.5 Å². The average Bonchev–Trinajstić information content (AvgIpc) is 2.45. The monoisotopic (exact) mass is 281 g/mol. The van der Waals surface area contributed by atoms with Crippen LogP contribution in [0.1, 0.15) is 12.8 Å². The summed E-state index contributed by atoms with van der Waals surface area (Å²) in [6.07, 6.45) is 1.37. The van der Waals surface area contributed by atoms with E-state index in [0.717, 1.165) is 18.5 Å². The summed E-state index contributed by atoms with van der Waals surface area (Å²) in [7, 11) is 3.01. The van der Waals surface area contributed by atoms with Crippen LogP contribution in [0, 0.1) is 0 Å². The Kier molecular flexibility index (Phi) is 7.46. The summed E-state index contributed by atoms with van der Waals surface area (Å²) in [4.78, 5) is 11.2. The SMILES string of the molecule is COCC(CCCN)Nc1cccc(NC(=O)OC)c1. The Balaban J connectivity index is 2.64. The van der Waals surface area contributed by atoms with E-state index in [1.54, 1.807) is 13.2 Å². The minimum atomic E-state index is -0.487. The summed E-state index contributed by atoms with van der Waals surface area (Å²) in [5.41, 5.74) is 7.12. The molecule has 0 heterocycles. The van der Waals surface area contributed by atoms with Gasteiger partial charge in [-0.25, -0.2) is 4.79 Å². The lowest BCUT2D eigenvalue weighted by Crippen LogP contribution is -2.25. The normalized spacial score (nSPS) is 11.8. The lowest BCUT2D eigenvalue weighted by Gasteiger charge is -2.19. The molecular weight excluding hydrogens is 258 g/mol. The van der Waals surface area contributed by atoms with Gasteiger partial charge in [-0.15, -0.1) is 0 Å². The van der Waals surface area contributed by atoms with Crippen LogP contribution < -0.4 is 16.4 Å². The number of rotatable bonds is 8. The van der Waals surface area contributed by atoms with Crippen molar-refractivity contribution in [2.45, 2.75) is 18.9 Å². The number of hydrogen-bond acceptors (Lipinski definition) is 5. The number of carbonyl (C=O) groups is 1. The fourth-order valence-corrected chi connectivity index (χ4v) is 1.85. The van der Waals surface area contributed by atoms with E-state index in [0.29, 0.717) is 18.8 Å². The minimum Gasteiger partial charge on any atom is -0.453 e. The van der Waals surface area contributed by atoms with Crippen molar-refractivity contribution in [3.8, 4) is 0 Å². The van der Waals surface area contributed by atoms with Crippen molar-refractivity contribution in [1.29, 1.82) is 0 Å². The summed E-state index contributed by atoms with van der Waals surface area (Å²) in [5, 5.41) is 6.00. The maximum atomic E-state index is 11.2. The van der Waals surface area contributed by atoms with Crippen molar-refractivity contribution in [3.05, 3.63) is 24.3 Å². The lowest BCUT2D eigenvalue weighted by atomic mass is 10.1. The number of benzene rings is 1. The van der Waals surface area contributed by atoms with Crippen molar-refractivity contribution in [2.75, 3.05) is 38.0 Å². The van der Waals surface area contributed by atoms with Gasteiger partial charge in [0.25, 0.3) is 0 Å². The molecule has 0 radical (unpaired) electrons. The van der Waals surface area contributed by atoms with Gasteiger partial charge in [-0.2, -0.15) is 0 Å². The van der Waals surface area contributed by atoms with Gasteiger partial charge < -0.3 is 20.5 Å². The Morgan fingerprint density at radius 2 is 2.10 bits per heavy atom. The van der Waals surface area contributed by atoms with E-state index in [-0.39, 0.29) is 6.04 Å². The molecule has 0 spiro atoms. The second-order valence-electron chi connectivity index (χ2n) is 4.42. The molecule has 112 valence electrons. The van der Waals surface area contributed by atoms with Gasteiger partial charge in [-0.05, 0) is 37.6 Å². The smallest absolute Gasteiger partial charge is 0.411 e. The molecule has 0 saturated heterocycles. The molecule has 0 saturated carbocycles. The van der Waals surface area contributed by atoms with Gasteiger partial charge in [0.15, 0.2) is 0 Å².